The van der Waals surface area contributed by atoms with Gasteiger partial charge in [-0.2, -0.15) is 13.2 Å². The lowest BCUT2D eigenvalue weighted by Crippen LogP contribution is -2.38. The van der Waals surface area contributed by atoms with Gasteiger partial charge in [0.05, 0.1) is 21.8 Å². The SMILES string of the molecule is CCc1nc2ccc(Cl)cn2c1C(=O)NCc1ccc(N2CCC(c3ccc(OC(F)(F)F)cc3)CC2)cc1.FC(F)(F)c1ccc(N2CCC(Oc3ccc(Nc4ncnc5ccccc45)cc3)CC2)cc1. The highest BCUT2D eigenvalue weighted by atomic mass is 35.5. The quantitative estimate of drug-likeness (QED) is 0.116. The van der Waals surface area contributed by atoms with E-state index in [1.54, 1.807) is 41.2 Å². The second kappa shape index (κ2) is 22.1. The van der Waals surface area contributed by atoms with Crippen LogP contribution in [0.15, 0.2) is 146 Å². The van der Waals surface area contributed by atoms with Crippen LogP contribution in [0.5, 0.6) is 11.5 Å². The first-order valence-electron chi connectivity index (χ1n) is 24.0. The van der Waals surface area contributed by atoms with Crippen LogP contribution >= 0.6 is 11.6 Å². The number of piperidine rings is 2. The van der Waals surface area contributed by atoms with E-state index >= 15 is 0 Å². The van der Waals surface area contributed by atoms with Crippen molar-refractivity contribution in [3.8, 4) is 11.5 Å². The first-order valence-corrected chi connectivity index (χ1v) is 24.3. The number of amides is 1. The topological polar surface area (TPSA) is 109 Å². The van der Waals surface area contributed by atoms with E-state index in [2.05, 4.69) is 52.3 Å². The Morgan fingerprint density at radius 3 is 2.00 bits per heavy atom. The fraction of sp³-hybridized carbons (Fsp3) is 0.273. The Morgan fingerprint density at radius 1 is 0.726 bits per heavy atom. The first kappa shape index (κ1) is 50.4. The maximum Gasteiger partial charge on any atom is 0.573 e. The van der Waals surface area contributed by atoms with Crippen LogP contribution in [0, 0.1) is 0 Å². The van der Waals surface area contributed by atoms with Gasteiger partial charge in [-0.1, -0.05) is 54.9 Å². The summed E-state index contributed by atoms with van der Waals surface area (Å²) in [5, 5.41) is 7.81. The number of fused-ring (bicyclic) bond motifs is 2. The lowest BCUT2D eigenvalue weighted by Gasteiger charge is -2.34. The number of rotatable bonds is 12. The molecule has 0 atom stereocenters. The molecule has 0 unspecified atom stereocenters. The van der Waals surface area contributed by atoms with Crippen molar-refractivity contribution in [3.05, 3.63) is 179 Å². The number of pyridine rings is 1. The number of imidazole rings is 1. The van der Waals surface area contributed by atoms with Gasteiger partial charge in [0.15, 0.2) is 0 Å². The minimum absolute atomic E-state index is 0.0651. The van der Waals surface area contributed by atoms with Crippen molar-refractivity contribution in [1.29, 1.82) is 0 Å². The lowest BCUT2D eigenvalue weighted by atomic mass is 9.89. The smallest absolute Gasteiger partial charge is 0.490 e. The molecule has 3 aromatic heterocycles. The van der Waals surface area contributed by atoms with Gasteiger partial charge in [0.1, 0.15) is 41.1 Å². The van der Waals surface area contributed by atoms with Gasteiger partial charge in [0.2, 0.25) is 0 Å². The van der Waals surface area contributed by atoms with E-state index in [1.165, 1.54) is 24.3 Å². The van der Waals surface area contributed by atoms with Crippen molar-refractivity contribution in [2.24, 2.45) is 0 Å². The zero-order valence-corrected chi connectivity index (χ0v) is 40.4. The number of carbonyl (C=O) groups is 1. The molecule has 0 radical (unpaired) electrons. The number of carbonyl (C=O) groups excluding carboxylic acids is 1. The highest BCUT2D eigenvalue weighted by Gasteiger charge is 2.32. The molecule has 8 aromatic rings. The first-order chi connectivity index (χ1) is 35.2. The third kappa shape index (κ3) is 12.8. The molecule has 2 aliphatic rings. The van der Waals surface area contributed by atoms with E-state index < -0.39 is 18.1 Å². The highest BCUT2D eigenvalue weighted by Crippen LogP contribution is 2.34. The van der Waals surface area contributed by atoms with Crippen LogP contribution in [-0.4, -0.2) is 63.9 Å². The van der Waals surface area contributed by atoms with Crippen molar-refractivity contribution in [1.82, 2.24) is 24.7 Å². The predicted octanol–water partition coefficient (Wildman–Crippen LogP) is 13.2. The van der Waals surface area contributed by atoms with E-state index in [-0.39, 0.29) is 23.7 Å². The average molecular weight is 1020 g/mol. The molecule has 0 saturated carbocycles. The zero-order valence-electron chi connectivity index (χ0n) is 39.6. The Bertz CT molecular complexity index is 3110. The van der Waals surface area contributed by atoms with Crippen LogP contribution in [-0.2, 0) is 19.1 Å². The molecular formula is C55H51ClF6N8O3. The average Bonchev–Trinajstić information content (AvgIpc) is 3.77. The standard InChI is InChI=1S/C29H28ClF3N4O2.C26H23F3N4O/c1-2-25-27(37-18-22(30)7-12-26(37)35-25)28(38)34-17-19-3-8-23(9-4-19)36-15-13-21(14-16-36)20-5-10-24(11-6-20)39-29(31,32)33;27-26(28,29)18-5-9-20(10-6-18)33-15-13-22(14-16-33)34-21-11-7-19(8-12-21)32-25-23-3-1-2-4-24(23)30-17-31-25/h3-12,18,21H,2,13-17H2,1H3,(H,34,38);1-12,17,22H,13-16H2,(H,30,31,32). The van der Waals surface area contributed by atoms with Crippen LogP contribution in [0.25, 0.3) is 16.6 Å². The van der Waals surface area contributed by atoms with Gasteiger partial charge in [-0.05, 0) is 133 Å². The van der Waals surface area contributed by atoms with Gasteiger partial charge in [-0.15, -0.1) is 13.2 Å². The number of aromatic nitrogens is 4. The Kier molecular flexibility index (Phi) is 15.2. The fourth-order valence-corrected chi connectivity index (χ4v) is 9.36. The summed E-state index contributed by atoms with van der Waals surface area (Å²) in [6.07, 6.45) is -1.65. The van der Waals surface area contributed by atoms with Crippen LogP contribution < -0.4 is 29.9 Å². The van der Waals surface area contributed by atoms with E-state index in [1.807, 2.05) is 67.6 Å². The second-order valence-electron chi connectivity index (χ2n) is 17.8. The van der Waals surface area contributed by atoms with Gasteiger partial charge < -0.3 is 29.9 Å². The highest BCUT2D eigenvalue weighted by molar-refractivity contribution is 6.30. The summed E-state index contributed by atoms with van der Waals surface area (Å²) in [6, 6.07) is 38.8. The summed E-state index contributed by atoms with van der Waals surface area (Å²) in [7, 11) is 0. The van der Waals surface area contributed by atoms with Crippen molar-refractivity contribution in [2.75, 3.05) is 41.3 Å². The molecular weight excluding hydrogens is 970 g/mol. The predicted molar refractivity (Wildman–Crippen MR) is 271 cm³/mol. The lowest BCUT2D eigenvalue weighted by molar-refractivity contribution is -0.274. The molecule has 378 valence electrons. The van der Waals surface area contributed by atoms with E-state index in [4.69, 9.17) is 16.3 Å². The molecule has 73 heavy (non-hydrogen) atoms. The molecule has 2 fully saturated rings. The number of hydrogen-bond donors (Lipinski definition) is 2. The number of hydrogen-bond acceptors (Lipinski definition) is 9. The molecule has 0 bridgehead atoms. The number of alkyl halides is 6. The van der Waals surface area contributed by atoms with Crippen LogP contribution in [0.1, 0.15) is 71.4 Å². The van der Waals surface area contributed by atoms with Crippen LogP contribution in [0.2, 0.25) is 5.02 Å². The molecule has 5 heterocycles. The number of anilines is 4. The van der Waals surface area contributed by atoms with Crippen LogP contribution in [0.4, 0.5) is 49.2 Å². The number of ether oxygens (including phenoxy) is 2. The van der Waals surface area contributed by atoms with Crippen molar-refractivity contribution in [3.63, 3.8) is 0 Å². The molecule has 2 N–H and O–H groups in total. The normalized spacial score (nSPS) is 14.7. The van der Waals surface area contributed by atoms with Crippen molar-refractivity contribution < 1.29 is 40.6 Å². The van der Waals surface area contributed by atoms with Crippen molar-refractivity contribution >= 4 is 56.9 Å². The number of halogens is 7. The van der Waals surface area contributed by atoms with E-state index in [9.17, 15) is 31.1 Å². The summed E-state index contributed by atoms with van der Waals surface area (Å²) < 4.78 is 87.4. The van der Waals surface area contributed by atoms with E-state index in [0.717, 1.165) is 120 Å². The summed E-state index contributed by atoms with van der Waals surface area (Å²) in [4.78, 5) is 30.6. The van der Waals surface area contributed by atoms with Gasteiger partial charge in [0.25, 0.3) is 5.91 Å². The molecule has 5 aromatic carbocycles. The molecule has 18 heteroatoms. The Labute approximate surface area is 422 Å². The number of nitrogens with one attached hydrogen (secondary N) is 2. The Morgan fingerprint density at radius 2 is 1.36 bits per heavy atom. The number of benzene rings is 5. The van der Waals surface area contributed by atoms with E-state index in [0.29, 0.717) is 29.3 Å². The Balaban J connectivity index is 0.000000181. The minimum Gasteiger partial charge on any atom is -0.490 e. The molecule has 2 saturated heterocycles. The van der Waals surface area contributed by atoms with Crippen molar-refractivity contribution in [2.45, 2.75) is 70.1 Å². The third-order valence-electron chi connectivity index (χ3n) is 13.0. The zero-order chi connectivity index (χ0) is 51.1. The molecule has 10 rings (SSSR count). The number of para-hydroxylation sites is 1. The second-order valence-corrected chi connectivity index (χ2v) is 18.2. The van der Waals surface area contributed by atoms with Crippen LogP contribution in [0.3, 0.4) is 0 Å². The molecule has 0 aliphatic carbocycles. The maximum atomic E-state index is 13.0. The maximum absolute atomic E-state index is 13.0. The number of aryl methyl sites for hydroxylation is 1. The molecule has 1 amide bonds. The molecule has 2 aliphatic heterocycles. The van der Waals surface area contributed by atoms with Gasteiger partial charge >= 0.3 is 12.5 Å². The summed E-state index contributed by atoms with van der Waals surface area (Å²) in [6.45, 7) is 5.50. The third-order valence-corrected chi connectivity index (χ3v) is 13.2. The summed E-state index contributed by atoms with van der Waals surface area (Å²) in [5.74, 6) is 1.42. The molecule has 11 nitrogen and oxygen atoms in total. The fourth-order valence-electron chi connectivity index (χ4n) is 9.20. The number of nitrogens with zero attached hydrogens (tertiary/aromatic N) is 6. The summed E-state index contributed by atoms with van der Waals surface area (Å²) in [5.41, 5.74) is 6.96. The largest absolute Gasteiger partial charge is 0.573 e. The van der Waals surface area contributed by atoms with Gasteiger partial charge in [-0.25, -0.2) is 15.0 Å². The van der Waals surface area contributed by atoms with Gasteiger partial charge in [0, 0.05) is 74.2 Å². The minimum atomic E-state index is -4.68. The monoisotopic (exact) mass is 1020 g/mol. The molecule has 0 spiro atoms. The Hall–Kier alpha value is -7.53. The van der Waals surface area contributed by atoms with Gasteiger partial charge in [-0.3, -0.25) is 9.20 Å². The summed E-state index contributed by atoms with van der Waals surface area (Å²) >= 11 is 6.14.